The molecule has 0 aromatic heterocycles. The van der Waals surface area contributed by atoms with Crippen LogP contribution in [-0.2, 0) is 0 Å². The highest BCUT2D eigenvalue weighted by atomic mass is 19.1. The molecule has 0 amide bonds. The summed E-state index contributed by atoms with van der Waals surface area (Å²) in [6.45, 7) is 3.39. The zero-order valence-corrected chi connectivity index (χ0v) is 12.2. The first-order valence-electron chi connectivity index (χ1n) is 7.24. The fraction of sp³-hybridized carbons (Fsp3) is 0.625. The Bertz CT molecular complexity index is 386. The molecule has 1 aromatic rings. The van der Waals surface area contributed by atoms with E-state index >= 15 is 0 Å². The van der Waals surface area contributed by atoms with Crippen LogP contribution in [0.5, 0.6) is 0 Å². The lowest BCUT2D eigenvalue weighted by atomic mass is 10.0. The van der Waals surface area contributed by atoms with Crippen molar-refractivity contribution in [3.8, 4) is 0 Å². The Balaban J connectivity index is 1.86. The molecule has 19 heavy (non-hydrogen) atoms. The van der Waals surface area contributed by atoms with Crippen molar-refractivity contribution in [2.75, 3.05) is 20.6 Å². The Morgan fingerprint density at radius 1 is 1.32 bits per heavy atom. The molecule has 1 aliphatic rings. The first kappa shape index (κ1) is 14.5. The average molecular weight is 264 g/mol. The molecule has 1 aromatic carbocycles. The Morgan fingerprint density at radius 2 is 1.95 bits per heavy atom. The van der Waals surface area contributed by atoms with Gasteiger partial charge in [0.25, 0.3) is 0 Å². The second-order valence-corrected chi connectivity index (χ2v) is 5.74. The standard InChI is InChI=1S/C16H25FN2/c1-12(13-4-5-13)19(3)11-10-16(18-2)14-6-8-15(17)9-7-14/h6-9,12-13,16,18H,4-5,10-11H2,1-3H3. The third-order valence-corrected chi connectivity index (χ3v) is 4.39. The molecule has 3 heteroatoms. The predicted octanol–water partition coefficient (Wildman–Crippen LogP) is 3.21. The van der Waals surface area contributed by atoms with Crippen LogP contribution in [0, 0.1) is 11.7 Å². The van der Waals surface area contributed by atoms with Crippen LogP contribution in [0.25, 0.3) is 0 Å². The van der Waals surface area contributed by atoms with Crippen molar-refractivity contribution in [2.24, 2.45) is 5.92 Å². The molecule has 0 saturated heterocycles. The highest BCUT2D eigenvalue weighted by Gasteiger charge is 2.30. The van der Waals surface area contributed by atoms with Crippen molar-refractivity contribution in [1.29, 1.82) is 0 Å². The van der Waals surface area contributed by atoms with Crippen LogP contribution in [0.3, 0.4) is 0 Å². The number of hydrogen-bond donors (Lipinski definition) is 1. The molecule has 2 nitrogen and oxygen atoms in total. The zero-order valence-electron chi connectivity index (χ0n) is 12.2. The highest BCUT2D eigenvalue weighted by molar-refractivity contribution is 5.19. The summed E-state index contributed by atoms with van der Waals surface area (Å²) in [5.41, 5.74) is 1.16. The molecule has 0 radical (unpaired) electrons. The number of halogens is 1. The number of rotatable bonds is 7. The van der Waals surface area contributed by atoms with E-state index in [9.17, 15) is 4.39 Å². The Morgan fingerprint density at radius 3 is 2.47 bits per heavy atom. The highest BCUT2D eigenvalue weighted by Crippen LogP contribution is 2.34. The van der Waals surface area contributed by atoms with Crippen molar-refractivity contribution >= 4 is 0 Å². The Labute approximate surface area is 116 Å². The van der Waals surface area contributed by atoms with Gasteiger partial charge >= 0.3 is 0 Å². The molecular weight excluding hydrogens is 239 g/mol. The van der Waals surface area contributed by atoms with E-state index < -0.39 is 0 Å². The third kappa shape index (κ3) is 4.02. The van der Waals surface area contributed by atoms with Crippen molar-refractivity contribution in [3.63, 3.8) is 0 Å². The van der Waals surface area contributed by atoms with Gasteiger partial charge in [-0.25, -0.2) is 4.39 Å². The van der Waals surface area contributed by atoms with E-state index in [1.807, 2.05) is 19.2 Å². The average Bonchev–Trinajstić information content (AvgIpc) is 3.24. The molecule has 0 aliphatic heterocycles. The summed E-state index contributed by atoms with van der Waals surface area (Å²) in [6, 6.07) is 7.81. The van der Waals surface area contributed by atoms with E-state index in [-0.39, 0.29) is 5.82 Å². The molecule has 2 rings (SSSR count). The monoisotopic (exact) mass is 264 g/mol. The maximum Gasteiger partial charge on any atom is 0.123 e. The molecule has 0 spiro atoms. The number of benzene rings is 1. The summed E-state index contributed by atoms with van der Waals surface area (Å²) < 4.78 is 12.9. The van der Waals surface area contributed by atoms with Gasteiger partial charge in [-0.1, -0.05) is 12.1 Å². The summed E-state index contributed by atoms with van der Waals surface area (Å²) in [5, 5.41) is 3.33. The quantitative estimate of drug-likeness (QED) is 0.813. The molecule has 1 aliphatic carbocycles. The van der Waals surface area contributed by atoms with E-state index in [1.54, 1.807) is 0 Å². The van der Waals surface area contributed by atoms with E-state index in [2.05, 4.69) is 24.2 Å². The lowest BCUT2D eigenvalue weighted by molar-refractivity contribution is 0.223. The van der Waals surface area contributed by atoms with Gasteiger partial charge in [0, 0.05) is 12.1 Å². The van der Waals surface area contributed by atoms with Gasteiger partial charge in [-0.05, 0) is 70.4 Å². The van der Waals surface area contributed by atoms with Crippen molar-refractivity contribution in [3.05, 3.63) is 35.6 Å². The number of nitrogens with one attached hydrogen (secondary N) is 1. The fourth-order valence-electron chi connectivity index (χ4n) is 2.65. The van der Waals surface area contributed by atoms with Crippen LogP contribution in [0.4, 0.5) is 4.39 Å². The van der Waals surface area contributed by atoms with Crippen molar-refractivity contribution < 1.29 is 4.39 Å². The summed E-state index contributed by atoms with van der Waals surface area (Å²) in [4.78, 5) is 2.45. The second kappa shape index (κ2) is 6.49. The normalized spacial score (nSPS) is 18.6. The molecule has 1 saturated carbocycles. The second-order valence-electron chi connectivity index (χ2n) is 5.74. The van der Waals surface area contributed by atoms with Crippen LogP contribution >= 0.6 is 0 Å². The van der Waals surface area contributed by atoms with E-state index in [0.717, 1.165) is 24.4 Å². The molecular formula is C16H25FN2. The first-order valence-corrected chi connectivity index (χ1v) is 7.24. The Hall–Kier alpha value is -0.930. The predicted molar refractivity (Wildman–Crippen MR) is 77.6 cm³/mol. The van der Waals surface area contributed by atoms with Gasteiger partial charge in [0.1, 0.15) is 5.82 Å². The van der Waals surface area contributed by atoms with Gasteiger partial charge in [0.05, 0.1) is 0 Å². The first-order chi connectivity index (χ1) is 9.11. The smallest absolute Gasteiger partial charge is 0.123 e. The summed E-state index contributed by atoms with van der Waals surface area (Å²) in [6.07, 6.45) is 3.83. The maximum atomic E-state index is 12.9. The largest absolute Gasteiger partial charge is 0.313 e. The molecule has 0 heterocycles. The lowest BCUT2D eigenvalue weighted by Gasteiger charge is -2.27. The molecule has 1 fully saturated rings. The van der Waals surface area contributed by atoms with Gasteiger partial charge in [0.15, 0.2) is 0 Å². The van der Waals surface area contributed by atoms with Crippen molar-refractivity contribution in [1.82, 2.24) is 10.2 Å². The number of hydrogen-bond acceptors (Lipinski definition) is 2. The van der Waals surface area contributed by atoms with Gasteiger partial charge in [0.2, 0.25) is 0 Å². The molecule has 106 valence electrons. The van der Waals surface area contributed by atoms with Crippen molar-refractivity contribution in [2.45, 2.75) is 38.3 Å². The Kier molecular flexibility index (Phi) is 4.94. The van der Waals surface area contributed by atoms with Crippen LogP contribution in [0.1, 0.15) is 37.8 Å². The van der Waals surface area contributed by atoms with E-state index in [0.29, 0.717) is 12.1 Å². The summed E-state index contributed by atoms with van der Waals surface area (Å²) in [7, 11) is 4.18. The molecule has 0 bridgehead atoms. The minimum atomic E-state index is -0.168. The minimum Gasteiger partial charge on any atom is -0.313 e. The van der Waals surface area contributed by atoms with E-state index in [4.69, 9.17) is 0 Å². The van der Waals surface area contributed by atoms with Crippen LogP contribution in [-0.4, -0.2) is 31.6 Å². The number of nitrogens with zero attached hydrogens (tertiary/aromatic N) is 1. The SMILES string of the molecule is CNC(CCN(C)C(C)C1CC1)c1ccc(F)cc1. The fourth-order valence-corrected chi connectivity index (χ4v) is 2.65. The molecule has 2 unspecified atom stereocenters. The van der Waals surface area contributed by atoms with E-state index in [1.165, 1.54) is 25.0 Å². The third-order valence-electron chi connectivity index (χ3n) is 4.39. The van der Waals surface area contributed by atoms with Gasteiger partial charge in [-0.3, -0.25) is 0 Å². The summed E-state index contributed by atoms with van der Waals surface area (Å²) >= 11 is 0. The minimum absolute atomic E-state index is 0.168. The van der Waals surface area contributed by atoms with Crippen LogP contribution in [0.15, 0.2) is 24.3 Å². The topological polar surface area (TPSA) is 15.3 Å². The molecule has 2 atom stereocenters. The molecule has 1 N–H and O–H groups in total. The van der Waals surface area contributed by atoms with Gasteiger partial charge < -0.3 is 10.2 Å². The lowest BCUT2D eigenvalue weighted by Crippen LogP contribution is -2.33. The maximum absolute atomic E-state index is 12.9. The van der Waals surface area contributed by atoms with Gasteiger partial charge in [-0.2, -0.15) is 0 Å². The zero-order chi connectivity index (χ0) is 13.8. The summed E-state index contributed by atoms with van der Waals surface area (Å²) in [5.74, 6) is 0.738. The van der Waals surface area contributed by atoms with Crippen LogP contribution in [0.2, 0.25) is 0 Å². The van der Waals surface area contributed by atoms with Gasteiger partial charge in [-0.15, -0.1) is 0 Å². The van der Waals surface area contributed by atoms with Crippen LogP contribution < -0.4 is 5.32 Å².